The van der Waals surface area contributed by atoms with Crippen LogP contribution in [-0.2, 0) is 10.0 Å². The van der Waals surface area contributed by atoms with E-state index in [1.165, 1.54) is 49.3 Å². The molecule has 0 radical (unpaired) electrons. The van der Waals surface area contributed by atoms with Gasteiger partial charge in [0.15, 0.2) is 10.9 Å². The van der Waals surface area contributed by atoms with Crippen molar-refractivity contribution in [2.75, 3.05) is 45.2 Å². The van der Waals surface area contributed by atoms with Crippen LogP contribution in [0.2, 0.25) is 0 Å². The van der Waals surface area contributed by atoms with Gasteiger partial charge in [-0.05, 0) is 43.4 Å². The summed E-state index contributed by atoms with van der Waals surface area (Å²) in [5.41, 5.74) is 0.266. The Morgan fingerprint density at radius 1 is 1.03 bits per heavy atom. The molecule has 0 spiro atoms. The lowest BCUT2D eigenvalue weighted by Crippen LogP contribution is -2.38. The van der Waals surface area contributed by atoms with Crippen LogP contribution >= 0.6 is 23.7 Å². The lowest BCUT2D eigenvalue weighted by atomic mass is 10.2. The van der Waals surface area contributed by atoms with E-state index in [-0.39, 0.29) is 40.1 Å². The number of hydrogen-bond acceptors (Lipinski definition) is 6. The number of fused-ring (bicyclic) bond motifs is 1. The zero-order valence-electron chi connectivity index (χ0n) is 19.3. The van der Waals surface area contributed by atoms with Crippen LogP contribution in [0.5, 0.6) is 0 Å². The second kappa shape index (κ2) is 11.5. The molecular formula is C22H27ClF2N4O3S2. The van der Waals surface area contributed by atoms with Crippen molar-refractivity contribution < 1.29 is 22.0 Å². The van der Waals surface area contributed by atoms with E-state index in [1.807, 2.05) is 13.8 Å². The van der Waals surface area contributed by atoms with Gasteiger partial charge >= 0.3 is 0 Å². The molecule has 1 amide bonds. The van der Waals surface area contributed by atoms with Gasteiger partial charge in [0.2, 0.25) is 10.0 Å². The number of aromatic nitrogens is 1. The zero-order chi connectivity index (χ0) is 24.3. The number of likely N-dealkylation sites (N-methyl/N-ethyl adjacent to an activating group) is 1. The Bertz CT molecular complexity index is 1250. The fourth-order valence-corrected chi connectivity index (χ4v) is 5.19. The summed E-state index contributed by atoms with van der Waals surface area (Å²) in [7, 11) is -0.774. The molecule has 2 aromatic carbocycles. The molecule has 0 aliphatic rings. The van der Waals surface area contributed by atoms with Crippen LogP contribution in [0.1, 0.15) is 24.2 Å². The Labute approximate surface area is 208 Å². The maximum absolute atomic E-state index is 14.2. The highest BCUT2D eigenvalue weighted by Gasteiger charge is 2.24. The molecule has 0 bridgehead atoms. The Kier molecular flexibility index (Phi) is 9.49. The Balaban J connectivity index is 0.00000408. The van der Waals surface area contributed by atoms with Crippen LogP contribution in [0.4, 0.5) is 13.9 Å². The number of hydrogen-bond donors (Lipinski definition) is 0. The van der Waals surface area contributed by atoms with Gasteiger partial charge in [-0.2, -0.15) is 0 Å². The summed E-state index contributed by atoms with van der Waals surface area (Å²) in [5, 5.41) is 0.247. The molecule has 0 aliphatic heterocycles. The molecule has 186 valence electrons. The summed E-state index contributed by atoms with van der Waals surface area (Å²) in [5.74, 6) is -1.91. The molecular weight excluding hydrogens is 506 g/mol. The van der Waals surface area contributed by atoms with Crippen LogP contribution in [-0.4, -0.2) is 68.8 Å². The van der Waals surface area contributed by atoms with Gasteiger partial charge in [-0.25, -0.2) is 26.5 Å². The van der Waals surface area contributed by atoms with Gasteiger partial charge in [-0.3, -0.25) is 9.69 Å². The van der Waals surface area contributed by atoms with Gasteiger partial charge in [0.1, 0.15) is 11.3 Å². The number of benzene rings is 2. The fraction of sp³-hybridized carbons (Fsp3) is 0.364. The number of amides is 1. The van der Waals surface area contributed by atoms with Crippen molar-refractivity contribution in [1.82, 2.24) is 14.2 Å². The minimum Gasteiger partial charge on any atom is -0.302 e. The average Bonchev–Trinajstić information content (AvgIpc) is 3.20. The Morgan fingerprint density at radius 2 is 1.65 bits per heavy atom. The maximum atomic E-state index is 14.2. The van der Waals surface area contributed by atoms with Crippen LogP contribution in [0, 0.1) is 11.6 Å². The monoisotopic (exact) mass is 532 g/mol. The third-order valence-corrected chi connectivity index (χ3v) is 8.15. The number of carbonyl (C=O) groups excluding carboxylic acids is 1. The van der Waals surface area contributed by atoms with Gasteiger partial charge in [-0.1, -0.05) is 25.2 Å². The third kappa shape index (κ3) is 5.89. The van der Waals surface area contributed by atoms with Crippen molar-refractivity contribution >= 4 is 55.0 Å². The highest BCUT2D eigenvalue weighted by molar-refractivity contribution is 7.89. The number of sulfonamides is 1. The van der Waals surface area contributed by atoms with Crippen molar-refractivity contribution in [2.45, 2.75) is 18.7 Å². The molecule has 0 N–H and O–H groups in total. The lowest BCUT2D eigenvalue weighted by molar-refractivity contribution is 0.0983. The van der Waals surface area contributed by atoms with Gasteiger partial charge in [0, 0.05) is 38.8 Å². The van der Waals surface area contributed by atoms with Gasteiger partial charge < -0.3 is 4.90 Å². The first kappa shape index (κ1) is 28.1. The predicted octanol–water partition coefficient (Wildman–Crippen LogP) is 4.24. The van der Waals surface area contributed by atoms with Gasteiger partial charge in [-0.15, -0.1) is 12.4 Å². The molecule has 0 unspecified atom stereocenters. The fourth-order valence-electron chi connectivity index (χ4n) is 3.26. The third-order valence-electron chi connectivity index (χ3n) is 5.29. The minimum absolute atomic E-state index is 0. The SMILES string of the molecule is CCN(CC)CCN(C(=O)c1ccc(S(=O)(=O)N(C)C)cc1)c1nc2c(F)cc(F)cc2s1.Cl. The number of rotatable bonds is 9. The Morgan fingerprint density at radius 3 is 2.21 bits per heavy atom. The standard InChI is InChI=1S/C22H26F2N4O3S2.ClH/c1-5-27(6-2)11-12-28(22-25-20-18(24)13-16(23)14-19(20)32-22)21(29)15-7-9-17(10-8-15)33(30,31)26(3)4;/h7-10,13-14H,5-6,11-12H2,1-4H3;1H. The zero-order valence-corrected chi connectivity index (χ0v) is 21.7. The molecule has 1 aromatic heterocycles. The van der Waals surface area contributed by atoms with Crippen LogP contribution in [0.3, 0.4) is 0 Å². The van der Waals surface area contributed by atoms with Gasteiger partial charge in [0.05, 0.1) is 9.60 Å². The van der Waals surface area contributed by atoms with Crippen molar-refractivity contribution in [1.29, 1.82) is 0 Å². The van der Waals surface area contributed by atoms with E-state index in [1.54, 1.807) is 0 Å². The number of halogens is 3. The van der Waals surface area contributed by atoms with Crippen LogP contribution < -0.4 is 4.90 Å². The summed E-state index contributed by atoms with van der Waals surface area (Å²) in [6.07, 6.45) is 0. The maximum Gasteiger partial charge on any atom is 0.260 e. The van der Waals surface area contributed by atoms with Crippen molar-refractivity contribution in [2.24, 2.45) is 0 Å². The summed E-state index contributed by atoms with van der Waals surface area (Å²) < 4.78 is 53.9. The molecule has 1 heterocycles. The Hall–Kier alpha value is -2.18. The topological polar surface area (TPSA) is 73.8 Å². The smallest absolute Gasteiger partial charge is 0.260 e. The highest BCUT2D eigenvalue weighted by atomic mass is 35.5. The van der Waals surface area contributed by atoms with E-state index in [0.717, 1.165) is 34.8 Å². The number of nitrogens with zero attached hydrogens (tertiary/aromatic N) is 4. The number of carbonyl (C=O) groups is 1. The quantitative estimate of drug-likeness (QED) is 0.412. The minimum atomic E-state index is -3.63. The van der Waals surface area contributed by atoms with E-state index in [9.17, 15) is 22.0 Å². The summed E-state index contributed by atoms with van der Waals surface area (Å²) >= 11 is 1.03. The first-order chi connectivity index (χ1) is 15.6. The van der Waals surface area contributed by atoms with Crippen molar-refractivity contribution in [3.8, 4) is 0 Å². The molecule has 3 rings (SSSR count). The van der Waals surface area contributed by atoms with E-state index in [4.69, 9.17) is 0 Å². The second-order valence-corrected chi connectivity index (χ2v) is 10.7. The van der Waals surface area contributed by atoms with E-state index in [2.05, 4.69) is 9.88 Å². The lowest BCUT2D eigenvalue weighted by Gasteiger charge is -2.24. The first-order valence-electron chi connectivity index (χ1n) is 10.4. The number of anilines is 1. The van der Waals surface area contributed by atoms with Crippen molar-refractivity contribution in [3.05, 3.63) is 53.6 Å². The molecule has 12 heteroatoms. The molecule has 0 aliphatic carbocycles. The molecule has 3 aromatic rings. The molecule has 0 atom stereocenters. The molecule has 34 heavy (non-hydrogen) atoms. The van der Waals surface area contributed by atoms with E-state index < -0.39 is 27.6 Å². The highest BCUT2D eigenvalue weighted by Crippen LogP contribution is 2.32. The second-order valence-electron chi connectivity index (χ2n) is 7.53. The van der Waals surface area contributed by atoms with Crippen LogP contribution in [0.15, 0.2) is 41.3 Å². The number of thiazole rings is 1. The molecule has 0 saturated carbocycles. The van der Waals surface area contributed by atoms with E-state index >= 15 is 0 Å². The first-order valence-corrected chi connectivity index (χ1v) is 12.7. The summed E-state index contributed by atoms with van der Waals surface area (Å²) in [6, 6.07) is 7.58. The molecule has 7 nitrogen and oxygen atoms in total. The van der Waals surface area contributed by atoms with Gasteiger partial charge in [0.25, 0.3) is 5.91 Å². The predicted molar refractivity (Wildman–Crippen MR) is 134 cm³/mol. The average molecular weight is 533 g/mol. The van der Waals surface area contributed by atoms with E-state index in [0.29, 0.717) is 11.2 Å². The van der Waals surface area contributed by atoms with Crippen LogP contribution in [0.25, 0.3) is 10.2 Å². The molecule has 0 fully saturated rings. The summed E-state index contributed by atoms with van der Waals surface area (Å²) in [4.78, 5) is 21.3. The largest absolute Gasteiger partial charge is 0.302 e. The summed E-state index contributed by atoms with van der Waals surface area (Å²) in [6.45, 7) is 6.43. The normalized spacial score (nSPS) is 11.8. The van der Waals surface area contributed by atoms with Crippen molar-refractivity contribution in [3.63, 3.8) is 0 Å². The molecule has 0 saturated heterocycles.